The Labute approximate surface area is 129 Å². The molecule has 114 valence electrons. The first-order valence-corrected chi connectivity index (χ1v) is 7.17. The van der Waals surface area contributed by atoms with Crippen molar-refractivity contribution in [3.63, 3.8) is 0 Å². The average Bonchev–Trinajstić information content (AvgIpc) is 2.80. The summed E-state index contributed by atoms with van der Waals surface area (Å²) in [7, 11) is 0. The second kappa shape index (κ2) is 6.45. The summed E-state index contributed by atoms with van der Waals surface area (Å²) in [6, 6.07) is 5.70. The highest BCUT2D eigenvalue weighted by Gasteiger charge is 2.14. The lowest BCUT2D eigenvalue weighted by Gasteiger charge is -2.21. The summed E-state index contributed by atoms with van der Waals surface area (Å²) < 4.78 is 10.8. The van der Waals surface area contributed by atoms with Crippen LogP contribution in [0.5, 0.6) is 5.75 Å². The van der Waals surface area contributed by atoms with E-state index in [1.54, 1.807) is 13.0 Å². The van der Waals surface area contributed by atoms with Gasteiger partial charge < -0.3 is 14.6 Å². The second-order valence-corrected chi connectivity index (χ2v) is 6.26. The number of nitrogens with zero attached hydrogens (tertiary/aromatic N) is 2. The monoisotopic (exact) mass is 309 g/mol. The van der Waals surface area contributed by atoms with Gasteiger partial charge in [-0.15, -0.1) is 0 Å². The summed E-state index contributed by atoms with van der Waals surface area (Å²) in [5.41, 5.74) is 1.01. The summed E-state index contributed by atoms with van der Waals surface area (Å²) in [5, 5.41) is 7.72. The number of ether oxygens (including phenoxy) is 1. The highest BCUT2D eigenvalue weighted by atomic mass is 35.5. The van der Waals surface area contributed by atoms with Gasteiger partial charge >= 0.3 is 0 Å². The van der Waals surface area contributed by atoms with E-state index in [1.807, 2.05) is 12.1 Å². The molecule has 6 heteroatoms. The van der Waals surface area contributed by atoms with Gasteiger partial charge in [0.05, 0.1) is 5.02 Å². The van der Waals surface area contributed by atoms with Gasteiger partial charge in [0, 0.05) is 17.6 Å². The molecule has 5 nitrogen and oxygen atoms in total. The van der Waals surface area contributed by atoms with Crippen LogP contribution in [-0.2, 0) is 13.2 Å². The lowest BCUT2D eigenvalue weighted by Crippen LogP contribution is -2.35. The highest BCUT2D eigenvalue weighted by Crippen LogP contribution is 2.29. The summed E-state index contributed by atoms with van der Waals surface area (Å²) in [6.45, 7) is 8.97. The Morgan fingerprint density at radius 2 is 2.10 bits per heavy atom. The molecule has 2 rings (SSSR count). The third-order valence-electron chi connectivity index (χ3n) is 2.77. The largest absolute Gasteiger partial charge is 0.482 e. The van der Waals surface area contributed by atoms with Crippen LogP contribution in [0.1, 0.15) is 38.0 Å². The fraction of sp³-hybridized carbons (Fsp3) is 0.467. The number of aryl methyl sites for hydroxylation is 1. The van der Waals surface area contributed by atoms with Gasteiger partial charge in [-0.1, -0.05) is 28.9 Å². The Hall–Kier alpha value is -1.59. The molecular formula is C15H20ClN3O2. The van der Waals surface area contributed by atoms with Crippen molar-refractivity contribution in [1.29, 1.82) is 0 Å². The van der Waals surface area contributed by atoms with Crippen LogP contribution in [0.3, 0.4) is 0 Å². The molecular weight excluding hydrogens is 290 g/mol. The maximum atomic E-state index is 6.23. The van der Waals surface area contributed by atoms with Crippen LogP contribution < -0.4 is 10.1 Å². The van der Waals surface area contributed by atoms with E-state index in [0.717, 1.165) is 5.56 Å². The lowest BCUT2D eigenvalue weighted by molar-refractivity contribution is 0.240. The zero-order valence-electron chi connectivity index (χ0n) is 12.7. The van der Waals surface area contributed by atoms with Gasteiger partial charge in [0.2, 0.25) is 0 Å². The van der Waals surface area contributed by atoms with Crippen LogP contribution in [0.25, 0.3) is 0 Å². The molecule has 1 heterocycles. The van der Waals surface area contributed by atoms with E-state index >= 15 is 0 Å². The SMILES string of the molecule is Cc1noc(COc2c(Cl)cccc2CNC(C)(C)C)n1. The van der Waals surface area contributed by atoms with Crippen molar-refractivity contribution in [1.82, 2.24) is 15.5 Å². The minimum Gasteiger partial charge on any atom is -0.482 e. The Kier molecular flexibility index (Phi) is 4.85. The highest BCUT2D eigenvalue weighted by molar-refractivity contribution is 6.32. The van der Waals surface area contributed by atoms with Crippen molar-refractivity contribution >= 4 is 11.6 Å². The molecule has 1 aromatic carbocycles. The van der Waals surface area contributed by atoms with Crippen molar-refractivity contribution in [2.75, 3.05) is 0 Å². The fourth-order valence-corrected chi connectivity index (χ4v) is 2.00. The third-order valence-corrected chi connectivity index (χ3v) is 3.06. The number of hydrogen-bond acceptors (Lipinski definition) is 5. The molecule has 0 radical (unpaired) electrons. The third kappa shape index (κ3) is 4.72. The van der Waals surface area contributed by atoms with Crippen LogP contribution in [0, 0.1) is 6.92 Å². The zero-order chi connectivity index (χ0) is 15.5. The van der Waals surface area contributed by atoms with Gasteiger partial charge in [-0.05, 0) is 33.8 Å². The summed E-state index contributed by atoms with van der Waals surface area (Å²) in [4.78, 5) is 4.11. The van der Waals surface area contributed by atoms with E-state index in [2.05, 4.69) is 36.2 Å². The molecule has 21 heavy (non-hydrogen) atoms. The van der Waals surface area contributed by atoms with Gasteiger partial charge in [0.25, 0.3) is 5.89 Å². The van der Waals surface area contributed by atoms with Crippen molar-refractivity contribution in [3.8, 4) is 5.75 Å². The molecule has 0 aliphatic carbocycles. The number of halogens is 1. The minimum atomic E-state index is 0.0171. The van der Waals surface area contributed by atoms with Crippen LogP contribution in [0.15, 0.2) is 22.7 Å². The molecule has 0 saturated heterocycles. The Morgan fingerprint density at radius 3 is 2.71 bits per heavy atom. The quantitative estimate of drug-likeness (QED) is 0.916. The predicted molar refractivity (Wildman–Crippen MR) is 81.4 cm³/mol. The molecule has 0 aliphatic rings. The van der Waals surface area contributed by atoms with Crippen LogP contribution >= 0.6 is 11.6 Å². The summed E-state index contributed by atoms with van der Waals surface area (Å²) in [5.74, 6) is 1.66. The van der Waals surface area contributed by atoms with Crippen molar-refractivity contribution in [2.24, 2.45) is 0 Å². The average molecular weight is 310 g/mol. The first-order valence-electron chi connectivity index (χ1n) is 6.79. The molecule has 0 atom stereocenters. The maximum absolute atomic E-state index is 6.23. The van der Waals surface area contributed by atoms with E-state index < -0.39 is 0 Å². The number of nitrogens with one attached hydrogen (secondary N) is 1. The first-order chi connectivity index (χ1) is 9.85. The van der Waals surface area contributed by atoms with Gasteiger partial charge in [-0.25, -0.2) is 0 Å². The molecule has 0 bridgehead atoms. The molecule has 0 fully saturated rings. The standard InChI is InChI=1S/C15H20ClN3O2/c1-10-18-13(21-19-10)9-20-14-11(6-5-7-12(14)16)8-17-15(2,3)4/h5-7,17H,8-9H2,1-4H3. The maximum Gasteiger partial charge on any atom is 0.264 e. The van der Waals surface area contributed by atoms with Gasteiger partial charge in [0.1, 0.15) is 5.75 Å². The molecule has 2 aromatic rings. The molecule has 0 spiro atoms. The minimum absolute atomic E-state index is 0.0171. The van der Waals surface area contributed by atoms with Gasteiger partial charge in [-0.2, -0.15) is 4.98 Å². The Bertz CT molecular complexity index is 605. The molecule has 0 aliphatic heterocycles. The normalized spacial score (nSPS) is 11.7. The molecule has 0 amide bonds. The molecule has 1 aromatic heterocycles. The smallest absolute Gasteiger partial charge is 0.264 e. The molecule has 1 N–H and O–H groups in total. The number of benzene rings is 1. The van der Waals surface area contributed by atoms with Crippen LogP contribution in [0.2, 0.25) is 5.02 Å². The number of para-hydroxylation sites is 1. The van der Waals surface area contributed by atoms with E-state index in [4.69, 9.17) is 20.9 Å². The van der Waals surface area contributed by atoms with E-state index in [-0.39, 0.29) is 12.1 Å². The van der Waals surface area contributed by atoms with Crippen LogP contribution in [0.4, 0.5) is 0 Å². The zero-order valence-corrected chi connectivity index (χ0v) is 13.5. The molecule has 0 saturated carbocycles. The Morgan fingerprint density at radius 1 is 1.33 bits per heavy atom. The van der Waals surface area contributed by atoms with Gasteiger partial charge in [0.15, 0.2) is 12.4 Å². The Balaban J connectivity index is 2.10. The number of rotatable bonds is 5. The second-order valence-electron chi connectivity index (χ2n) is 5.86. The molecule has 0 unspecified atom stereocenters. The predicted octanol–water partition coefficient (Wildman–Crippen LogP) is 3.50. The van der Waals surface area contributed by atoms with Gasteiger partial charge in [-0.3, -0.25) is 0 Å². The van der Waals surface area contributed by atoms with Crippen LogP contribution in [-0.4, -0.2) is 15.7 Å². The fourth-order valence-electron chi connectivity index (χ4n) is 1.75. The first kappa shape index (κ1) is 15.8. The van der Waals surface area contributed by atoms with E-state index in [1.165, 1.54) is 0 Å². The van der Waals surface area contributed by atoms with E-state index in [9.17, 15) is 0 Å². The van der Waals surface area contributed by atoms with E-state index in [0.29, 0.717) is 29.0 Å². The van der Waals surface area contributed by atoms with Crippen molar-refractivity contribution in [2.45, 2.75) is 46.4 Å². The number of hydrogen-bond donors (Lipinski definition) is 1. The number of aromatic nitrogens is 2. The topological polar surface area (TPSA) is 60.2 Å². The van der Waals surface area contributed by atoms with Crippen molar-refractivity contribution in [3.05, 3.63) is 40.5 Å². The summed E-state index contributed by atoms with van der Waals surface area (Å²) >= 11 is 6.23. The lowest BCUT2D eigenvalue weighted by atomic mass is 10.1. The van der Waals surface area contributed by atoms with Crippen molar-refractivity contribution < 1.29 is 9.26 Å². The summed E-state index contributed by atoms with van der Waals surface area (Å²) in [6.07, 6.45) is 0.